The first-order valence-corrected chi connectivity index (χ1v) is 18.2. The second-order valence-electron chi connectivity index (χ2n) is 14.3. The zero-order valence-corrected chi connectivity index (χ0v) is 29.7. The molecular weight excluding hydrogens is 693 g/mol. The van der Waals surface area contributed by atoms with Gasteiger partial charge in [-0.1, -0.05) is 78.7 Å². The van der Waals surface area contributed by atoms with Crippen LogP contribution in [0.15, 0.2) is 115 Å². The van der Waals surface area contributed by atoms with E-state index in [9.17, 15) is 23.9 Å². The van der Waals surface area contributed by atoms with Crippen LogP contribution in [0.1, 0.15) is 47.9 Å². The molecule has 2 aliphatic heterocycles. The Labute approximate surface area is 311 Å². The Hall–Kier alpha value is -5.54. The molecule has 8 nitrogen and oxygen atoms in total. The van der Waals surface area contributed by atoms with Gasteiger partial charge in [-0.05, 0) is 96.8 Å². The lowest BCUT2D eigenvalue weighted by atomic mass is 9.49. The van der Waals surface area contributed by atoms with Gasteiger partial charge < -0.3 is 5.11 Å². The predicted molar refractivity (Wildman–Crippen MR) is 199 cm³/mol. The largest absolute Gasteiger partial charge is 0.507 e. The van der Waals surface area contributed by atoms with E-state index in [1.807, 2.05) is 25.1 Å². The number of carbonyl (C=O) groups excluding carboxylic acids is 4. The Morgan fingerprint density at radius 3 is 2.32 bits per heavy atom. The highest BCUT2D eigenvalue weighted by Crippen LogP contribution is 2.65. The third-order valence-corrected chi connectivity index (χ3v) is 11.9. The number of phenols is 1. The standard InChI is InChI=1S/C43H37ClFN3O5/c1-3-6-25-7-5-8-33(38(25)49)37-31-21-22-32-36(41(52)47(39(32)50)30-19-9-24(4-2)10-20-30)34(31)23-35-40(51)48(46-29-17-15-28(45)16-18-29)42(53)43(35,37)26-11-13-27(44)14-12-26/h3,5,7-21,32,34-37,46,49H,1,4,6,22-23H2,2H3/t32-,34+,35-,36-,37+,43+/m0/s1. The number of halogens is 2. The number of hydrogen-bond donors (Lipinski definition) is 2. The number of aryl methyl sites for hydroxylation is 1. The molecule has 2 aliphatic carbocycles. The lowest BCUT2D eigenvalue weighted by Gasteiger charge is -2.50. The molecule has 2 heterocycles. The third-order valence-electron chi connectivity index (χ3n) is 11.7. The number of benzene rings is 4. The normalized spacial score (nSPS) is 26.2. The Morgan fingerprint density at radius 2 is 1.64 bits per heavy atom. The van der Waals surface area contributed by atoms with Gasteiger partial charge in [0.15, 0.2) is 0 Å². The second kappa shape index (κ2) is 13.1. The Morgan fingerprint density at radius 1 is 0.925 bits per heavy atom. The van der Waals surface area contributed by atoms with E-state index in [2.05, 4.69) is 12.0 Å². The number of rotatable bonds is 8. The van der Waals surface area contributed by atoms with Crippen molar-refractivity contribution in [1.82, 2.24) is 5.01 Å². The Balaban J connectivity index is 1.33. The van der Waals surface area contributed by atoms with E-state index in [0.29, 0.717) is 39.5 Å². The highest BCUT2D eigenvalue weighted by molar-refractivity contribution is 6.30. The average Bonchev–Trinajstić information content (AvgIpc) is 3.54. The van der Waals surface area contributed by atoms with E-state index in [4.69, 9.17) is 11.6 Å². The predicted octanol–water partition coefficient (Wildman–Crippen LogP) is 7.67. The number of aromatic hydroxyl groups is 1. The first kappa shape index (κ1) is 34.5. The van der Waals surface area contributed by atoms with Crippen molar-refractivity contribution < 1.29 is 28.7 Å². The number of hydrogen-bond acceptors (Lipinski definition) is 6. The van der Waals surface area contributed by atoms with Gasteiger partial charge in [0, 0.05) is 16.5 Å². The highest BCUT2D eigenvalue weighted by Gasteiger charge is 2.70. The summed E-state index contributed by atoms with van der Waals surface area (Å²) in [6, 6.07) is 24.9. The summed E-state index contributed by atoms with van der Waals surface area (Å²) in [5, 5.41) is 13.4. The maximum absolute atomic E-state index is 15.3. The molecule has 2 saturated heterocycles. The lowest BCUT2D eigenvalue weighted by Crippen LogP contribution is -2.53. The van der Waals surface area contributed by atoms with Gasteiger partial charge >= 0.3 is 0 Å². The number of imide groups is 2. The fraction of sp³-hybridized carbons (Fsp3) is 0.256. The van der Waals surface area contributed by atoms with Crippen LogP contribution < -0.4 is 10.3 Å². The van der Waals surface area contributed by atoms with E-state index >= 15 is 4.79 Å². The molecule has 2 N–H and O–H groups in total. The van der Waals surface area contributed by atoms with Gasteiger partial charge in [0.05, 0.1) is 34.5 Å². The summed E-state index contributed by atoms with van der Waals surface area (Å²) in [6.07, 6.45) is 5.12. The molecular formula is C43H37ClFN3O5. The van der Waals surface area contributed by atoms with Crippen molar-refractivity contribution in [3.8, 4) is 5.75 Å². The van der Waals surface area contributed by atoms with Crippen molar-refractivity contribution in [3.63, 3.8) is 0 Å². The number of amides is 4. The molecule has 4 amide bonds. The molecule has 0 unspecified atom stereocenters. The van der Waals surface area contributed by atoms with Gasteiger partial charge in [0.1, 0.15) is 11.6 Å². The SMILES string of the molecule is C=CCc1cccc([C@H]2C3=CC[C@@H]4C(=O)N(c5ccc(CC)cc5)C(=O)[C@@H]4[C@@H]3C[C@H]3C(=O)N(Nc4ccc(F)cc4)C(=O)[C@@]23c2ccc(Cl)cc2)c1O. The number of nitrogens with one attached hydrogen (secondary N) is 1. The van der Waals surface area contributed by atoms with Crippen molar-refractivity contribution >= 4 is 46.6 Å². The fourth-order valence-corrected chi connectivity index (χ4v) is 9.43. The molecule has 10 heteroatoms. The van der Waals surface area contributed by atoms with Gasteiger partial charge in [-0.15, -0.1) is 6.58 Å². The smallest absolute Gasteiger partial charge is 0.260 e. The minimum atomic E-state index is -1.60. The number of carbonyl (C=O) groups is 4. The minimum Gasteiger partial charge on any atom is -0.507 e. The van der Waals surface area contributed by atoms with Gasteiger partial charge in [-0.3, -0.25) is 29.5 Å². The van der Waals surface area contributed by atoms with Crippen LogP contribution >= 0.6 is 11.6 Å². The number of fused-ring (bicyclic) bond motifs is 4. The second-order valence-corrected chi connectivity index (χ2v) is 14.7. The maximum atomic E-state index is 15.3. The summed E-state index contributed by atoms with van der Waals surface area (Å²) in [4.78, 5) is 60.1. The molecule has 0 radical (unpaired) electrons. The first-order valence-electron chi connectivity index (χ1n) is 17.8. The third kappa shape index (κ3) is 5.23. The molecule has 53 heavy (non-hydrogen) atoms. The van der Waals surface area contributed by atoms with Gasteiger partial charge in [0.25, 0.3) is 11.8 Å². The first-order chi connectivity index (χ1) is 25.6. The molecule has 4 aromatic carbocycles. The number of anilines is 2. The molecule has 0 aromatic heterocycles. The molecule has 1 saturated carbocycles. The van der Waals surface area contributed by atoms with E-state index in [1.165, 1.54) is 29.2 Å². The van der Waals surface area contributed by atoms with E-state index < -0.39 is 52.6 Å². The topological polar surface area (TPSA) is 107 Å². The highest BCUT2D eigenvalue weighted by atomic mass is 35.5. The lowest BCUT2D eigenvalue weighted by molar-refractivity contribution is -0.138. The summed E-state index contributed by atoms with van der Waals surface area (Å²) < 4.78 is 13.9. The zero-order valence-electron chi connectivity index (χ0n) is 29.0. The summed E-state index contributed by atoms with van der Waals surface area (Å²) in [5.74, 6) is -6.27. The molecule has 268 valence electrons. The van der Waals surface area contributed by atoms with Crippen molar-refractivity contribution in [2.24, 2.45) is 23.7 Å². The van der Waals surface area contributed by atoms with Crippen LogP contribution in [-0.4, -0.2) is 33.7 Å². The van der Waals surface area contributed by atoms with Crippen LogP contribution in [0.3, 0.4) is 0 Å². The monoisotopic (exact) mass is 729 g/mol. The number of phenolic OH excluding ortho intramolecular Hbond substituents is 1. The number of hydrazine groups is 1. The summed E-state index contributed by atoms with van der Waals surface area (Å²) in [7, 11) is 0. The average molecular weight is 730 g/mol. The van der Waals surface area contributed by atoms with Crippen LogP contribution in [0.25, 0.3) is 0 Å². The van der Waals surface area contributed by atoms with E-state index in [1.54, 1.807) is 60.7 Å². The number of allylic oxidation sites excluding steroid dienone is 3. The molecule has 4 aromatic rings. The van der Waals surface area contributed by atoms with Crippen LogP contribution in [-0.2, 0) is 37.4 Å². The van der Waals surface area contributed by atoms with Crippen LogP contribution in [0, 0.1) is 29.5 Å². The van der Waals surface area contributed by atoms with Crippen molar-refractivity contribution in [1.29, 1.82) is 0 Å². The van der Waals surface area contributed by atoms with Gasteiger partial charge in [-0.2, -0.15) is 5.01 Å². The molecule has 0 bridgehead atoms. The molecule has 0 spiro atoms. The van der Waals surface area contributed by atoms with Crippen molar-refractivity contribution in [2.75, 3.05) is 10.3 Å². The van der Waals surface area contributed by atoms with Gasteiger partial charge in [-0.25, -0.2) is 4.39 Å². The number of nitrogens with zero attached hydrogens (tertiary/aromatic N) is 2. The quantitative estimate of drug-likeness (QED) is 0.143. The van der Waals surface area contributed by atoms with Crippen LogP contribution in [0.4, 0.5) is 15.8 Å². The van der Waals surface area contributed by atoms with E-state index in [0.717, 1.165) is 22.6 Å². The van der Waals surface area contributed by atoms with Crippen LogP contribution in [0.5, 0.6) is 5.75 Å². The van der Waals surface area contributed by atoms with E-state index in [-0.39, 0.29) is 30.4 Å². The van der Waals surface area contributed by atoms with Crippen molar-refractivity contribution in [2.45, 2.75) is 43.9 Å². The summed E-state index contributed by atoms with van der Waals surface area (Å²) >= 11 is 6.38. The minimum absolute atomic E-state index is 0.0372. The fourth-order valence-electron chi connectivity index (χ4n) is 9.30. The summed E-state index contributed by atoms with van der Waals surface area (Å²) in [5.41, 5.74) is 5.48. The number of para-hydroxylation sites is 1. The van der Waals surface area contributed by atoms with Crippen LogP contribution in [0.2, 0.25) is 5.02 Å². The van der Waals surface area contributed by atoms with Crippen molar-refractivity contribution in [3.05, 3.63) is 148 Å². The van der Waals surface area contributed by atoms with Gasteiger partial charge in [0.2, 0.25) is 11.8 Å². The molecule has 6 atom stereocenters. The molecule has 8 rings (SSSR count). The maximum Gasteiger partial charge on any atom is 0.260 e. The zero-order chi connectivity index (χ0) is 37.2. The summed E-state index contributed by atoms with van der Waals surface area (Å²) in [6.45, 7) is 5.88. The molecule has 3 fully saturated rings. The molecule has 4 aliphatic rings. The Kier molecular flexibility index (Phi) is 8.57. The Bertz CT molecular complexity index is 2200.